The number of hydrogen-bond acceptors (Lipinski definition) is 3. The fourth-order valence-electron chi connectivity index (χ4n) is 2.32. The van der Waals surface area contributed by atoms with E-state index >= 15 is 0 Å². The summed E-state index contributed by atoms with van der Waals surface area (Å²) >= 11 is 6.59. The highest BCUT2D eigenvalue weighted by Crippen LogP contribution is 2.46. The molecule has 0 aromatic carbocycles. The zero-order chi connectivity index (χ0) is 10.4. The quantitative estimate of drug-likeness (QED) is 0.656. The van der Waals surface area contributed by atoms with Gasteiger partial charge in [0.05, 0.1) is 5.04 Å². The molecule has 0 radical (unpaired) electrons. The van der Waals surface area contributed by atoms with E-state index in [0.717, 1.165) is 17.9 Å². The molecule has 3 nitrogen and oxygen atoms in total. The Labute approximate surface area is 97.4 Å². The Bertz CT molecular complexity index is 425. The lowest BCUT2D eigenvalue weighted by molar-refractivity contribution is -0.120. The monoisotopic (exact) mass is 238 g/mol. The molecule has 1 unspecified atom stereocenters. The summed E-state index contributed by atoms with van der Waals surface area (Å²) in [6.45, 7) is 0. The first-order valence-electron chi connectivity index (χ1n) is 5.09. The van der Waals surface area contributed by atoms with Crippen LogP contribution in [0.3, 0.4) is 0 Å². The summed E-state index contributed by atoms with van der Waals surface area (Å²) in [5.74, 6) is -0.0959. The Balaban J connectivity index is 2.03. The molecule has 5 heteroatoms. The molecule has 0 aromatic rings. The van der Waals surface area contributed by atoms with E-state index in [2.05, 4.69) is 10.3 Å². The molecular weight excluding hydrogens is 228 g/mol. The number of carbonyl (C=O) groups excluding carboxylic acids is 1. The van der Waals surface area contributed by atoms with E-state index in [1.54, 1.807) is 11.8 Å². The van der Waals surface area contributed by atoms with E-state index in [0.29, 0.717) is 5.11 Å². The summed E-state index contributed by atoms with van der Waals surface area (Å²) in [5, 5.41) is 3.86. The lowest BCUT2D eigenvalue weighted by Gasteiger charge is -2.20. The second kappa shape index (κ2) is 3.42. The van der Waals surface area contributed by atoms with Crippen LogP contribution in [0.1, 0.15) is 25.7 Å². The van der Waals surface area contributed by atoms with Gasteiger partial charge < -0.3 is 5.32 Å². The van der Waals surface area contributed by atoms with Crippen LogP contribution in [0.15, 0.2) is 15.5 Å². The maximum Gasteiger partial charge on any atom is 0.240 e. The van der Waals surface area contributed by atoms with E-state index in [1.165, 1.54) is 23.3 Å². The molecule has 0 saturated heterocycles. The highest BCUT2D eigenvalue weighted by Gasteiger charge is 2.40. The van der Waals surface area contributed by atoms with Gasteiger partial charge in [0.1, 0.15) is 5.92 Å². The van der Waals surface area contributed by atoms with Crippen molar-refractivity contribution in [1.82, 2.24) is 5.32 Å². The number of aliphatic imine (C=N–C) groups is 1. The van der Waals surface area contributed by atoms with Gasteiger partial charge in [0.25, 0.3) is 0 Å². The van der Waals surface area contributed by atoms with E-state index < -0.39 is 0 Å². The van der Waals surface area contributed by atoms with Crippen LogP contribution in [0.25, 0.3) is 0 Å². The molecule has 3 aliphatic rings. The average Bonchev–Trinajstić information content (AvgIpc) is 2.54. The Kier molecular flexibility index (Phi) is 2.17. The van der Waals surface area contributed by atoms with Gasteiger partial charge in [0.2, 0.25) is 5.91 Å². The topological polar surface area (TPSA) is 41.5 Å². The van der Waals surface area contributed by atoms with Crippen molar-refractivity contribution in [2.24, 2.45) is 10.9 Å². The van der Waals surface area contributed by atoms with Crippen LogP contribution in [0, 0.1) is 5.92 Å². The molecule has 15 heavy (non-hydrogen) atoms. The van der Waals surface area contributed by atoms with Gasteiger partial charge >= 0.3 is 0 Å². The van der Waals surface area contributed by atoms with E-state index in [1.807, 2.05) is 0 Å². The van der Waals surface area contributed by atoms with Gasteiger partial charge in [-0.3, -0.25) is 4.79 Å². The first kappa shape index (κ1) is 9.54. The zero-order valence-electron chi connectivity index (χ0n) is 8.08. The largest absolute Gasteiger partial charge is 0.300 e. The molecule has 0 saturated carbocycles. The number of amides is 1. The van der Waals surface area contributed by atoms with Gasteiger partial charge in [-0.2, -0.15) is 0 Å². The maximum absolute atomic E-state index is 11.8. The first-order chi connectivity index (χ1) is 7.25. The molecule has 1 amide bonds. The van der Waals surface area contributed by atoms with Gasteiger partial charge in [-0.05, 0) is 48.4 Å². The van der Waals surface area contributed by atoms with Gasteiger partial charge in [0, 0.05) is 0 Å². The second-order valence-electron chi connectivity index (χ2n) is 3.94. The molecule has 1 atom stereocenters. The predicted molar refractivity (Wildman–Crippen MR) is 64.8 cm³/mol. The van der Waals surface area contributed by atoms with Crippen molar-refractivity contribution >= 4 is 40.0 Å². The third-order valence-corrected chi connectivity index (χ3v) is 4.43. The minimum atomic E-state index is -0.114. The van der Waals surface area contributed by atoms with Crippen molar-refractivity contribution in [3.05, 3.63) is 10.5 Å². The van der Waals surface area contributed by atoms with Crippen LogP contribution in [0.2, 0.25) is 0 Å². The van der Waals surface area contributed by atoms with Crippen LogP contribution in [-0.4, -0.2) is 16.1 Å². The molecule has 3 rings (SSSR count). The molecule has 2 heterocycles. The maximum atomic E-state index is 11.8. The Morgan fingerprint density at radius 2 is 2.20 bits per heavy atom. The molecule has 2 aliphatic heterocycles. The molecule has 1 aliphatic carbocycles. The molecule has 0 bridgehead atoms. The Hall–Kier alpha value is -0.680. The number of hydrogen-bond donors (Lipinski definition) is 1. The van der Waals surface area contributed by atoms with E-state index in [4.69, 9.17) is 12.2 Å². The molecule has 0 aromatic heterocycles. The number of nitrogens with zero attached hydrogens (tertiary/aromatic N) is 1. The van der Waals surface area contributed by atoms with Gasteiger partial charge in [-0.25, -0.2) is 4.99 Å². The van der Waals surface area contributed by atoms with Crippen LogP contribution < -0.4 is 5.32 Å². The molecule has 0 spiro atoms. The fraction of sp³-hybridized carbons (Fsp3) is 0.500. The third kappa shape index (κ3) is 1.45. The van der Waals surface area contributed by atoms with Crippen molar-refractivity contribution in [3.63, 3.8) is 0 Å². The molecule has 0 fully saturated rings. The number of carbonyl (C=O) groups is 1. The summed E-state index contributed by atoms with van der Waals surface area (Å²) < 4.78 is 0. The highest BCUT2D eigenvalue weighted by molar-refractivity contribution is 8.17. The lowest BCUT2D eigenvalue weighted by Crippen LogP contribution is -2.41. The van der Waals surface area contributed by atoms with E-state index in [9.17, 15) is 4.79 Å². The predicted octanol–water partition coefficient (Wildman–Crippen LogP) is 1.99. The zero-order valence-corrected chi connectivity index (χ0v) is 9.71. The summed E-state index contributed by atoms with van der Waals surface area (Å²) in [5.41, 5.74) is 1.30. The standard InChI is InChI=1S/C10H10N2OS2/c13-8-7-5-3-1-2-4-6(5)15-9(7)12-10(14)11-8/h7H,1-4H2,(H,11,13,14). The van der Waals surface area contributed by atoms with Crippen molar-refractivity contribution in [2.75, 3.05) is 0 Å². The van der Waals surface area contributed by atoms with Crippen molar-refractivity contribution in [3.8, 4) is 0 Å². The summed E-state index contributed by atoms with van der Waals surface area (Å²) in [6, 6.07) is 0. The van der Waals surface area contributed by atoms with Crippen LogP contribution >= 0.6 is 24.0 Å². The lowest BCUT2D eigenvalue weighted by atomic mass is 9.89. The highest BCUT2D eigenvalue weighted by atomic mass is 32.2. The summed E-state index contributed by atoms with van der Waals surface area (Å²) in [7, 11) is 0. The minimum Gasteiger partial charge on any atom is -0.300 e. The minimum absolute atomic E-state index is 0.0180. The normalized spacial score (nSPS) is 29.6. The van der Waals surface area contributed by atoms with Gasteiger partial charge in [-0.1, -0.05) is 11.8 Å². The SMILES string of the molecule is O=C1NC(=S)N=C2SC3=C(CCCC3)C12. The number of nitrogens with one attached hydrogen (secondary N) is 1. The number of rotatable bonds is 0. The number of thioether (sulfide) groups is 1. The number of thiocarbonyl (C=S) groups is 1. The molecule has 1 N–H and O–H groups in total. The Morgan fingerprint density at radius 3 is 3.07 bits per heavy atom. The number of fused-ring (bicyclic) bond motifs is 2. The van der Waals surface area contributed by atoms with Crippen molar-refractivity contribution in [2.45, 2.75) is 25.7 Å². The van der Waals surface area contributed by atoms with Crippen LogP contribution in [-0.2, 0) is 4.79 Å². The van der Waals surface area contributed by atoms with E-state index in [-0.39, 0.29) is 11.8 Å². The van der Waals surface area contributed by atoms with Crippen molar-refractivity contribution in [1.29, 1.82) is 0 Å². The van der Waals surface area contributed by atoms with Gasteiger partial charge in [0.15, 0.2) is 5.11 Å². The van der Waals surface area contributed by atoms with Crippen LogP contribution in [0.4, 0.5) is 0 Å². The smallest absolute Gasteiger partial charge is 0.240 e. The Morgan fingerprint density at radius 1 is 1.40 bits per heavy atom. The summed E-state index contributed by atoms with van der Waals surface area (Å²) in [6.07, 6.45) is 4.58. The van der Waals surface area contributed by atoms with Gasteiger partial charge in [-0.15, -0.1) is 0 Å². The first-order valence-corrected chi connectivity index (χ1v) is 6.31. The van der Waals surface area contributed by atoms with Crippen LogP contribution in [0.5, 0.6) is 0 Å². The summed E-state index contributed by atoms with van der Waals surface area (Å²) in [4.78, 5) is 17.4. The van der Waals surface area contributed by atoms with Crippen molar-refractivity contribution < 1.29 is 4.79 Å². The fourth-order valence-corrected chi connectivity index (χ4v) is 3.93. The second-order valence-corrected chi connectivity index (χ2v) is 5.44. The third-order valence-electron chi connectivity index (χ3n) is 2.99. The molecule has 78 valence electrons. The average molecular weight is 238 g/mol. The number of allylic oxidation sites excluding steroid dienone is 1. The molecular formula is C10H10N2OS2.